The Morgan fingerprint density at radius 3 is 2.78 bits per heavy atom. The van der Waals surface area contributed by atoms with Gasteiger partial charge in [-0.15, -0.1) is 0 Å². The van der Waals surface area contributed by atoms with Gasteiger partial charge in [-0.2, -0.15) is 0 Å². The lowest BCUT2D eigenvalue weighted by Crippen LogP contribution is -2.04. The van der Waals surface area contributed by atoms with Crippen molar-refractivity contribution in [2.75, 3.05) is 7.11 Å². The number of aldehydes is 1. The van der Waals surface area contributed by atoms with Crippen LogP contribution in [0, 0.1) is 11.8 Å². The first-order chi connectivity index (χ1) is 4.29. The van der Waals surface area contributed by atoms with Crippen LogP contribution in [0.1, 0.15) is 6.42 Å². The molecule has 0 saturated heterocycles. The molecule has 0 aromatic rings. The first kappa shape index (κ1) is 6.26. The van der Waals surface area contributed by atoms with E-state index in [-0.39, 0.29) is 17.8 Å². The van der Waals surface area contributed by atoms with Crippen LogP contribution in [0.15, 0.2) is 0 Å². The van der Waals surface area contributed by atoms with Crippen LogP contribution in [0.4, 0.5) is 0 Å². The Balaban J connectivity index is 2.33. The van der Waals surface area contributed by atoms with E-state index in [0.717, 1.165) is 6.29 Å². The minimum absolute atomic E-state index is 0.0579. The maximum absolute atomic E-state index is 10.6. The Kier molecular flexibility index (Phi) is 1.51. The van der Waals surface area contributed by atoms with Crippen molar-refractivity contribution < 1.29 is 14.3 Å². The number of methoxy groups -OCH3 is 1. The quantitative estimate of drug-likeness (QED) is 0.388. The molecule has 1 aliphatic carbocycles. The molecule has 3 nitrogen and oxygen atoms in total. The molecule has 1 saturated carbocycles. The zero-order chi connectivity index (χ0) is 6.85. The van der Waals surface area contributed by atoms with Crippen LogP contribution in [0.2, 0.25) is 0 Å². The number of esters is 1. The largest absolute Gasteiger partial charge is 0.469 e. The van der Waals surface area contributed by atoms with E-state index >= 15 is 0 Å². The van der Waals surface area contributed by atoms with E-state index < -0.39 is 0 Å². The van der Waals surface area contributed by atoms with Crippen LogP contribution in [-0.2, 0) is 14.3 Å². The predicted molar refractivity (Wildman–Crippen MR) is 29.7 cm³/mol. The van der Waals surface area contributed by atoms with Gasteiger partial charge in [-0.3, -0.25) is 4.79 Å². The molecule has 0 spiro atoms. The molecule has 3 heteroatoms. The lowest BCUT2D eigenvalue weighted by molar-refractivity contribution is -0.142. The molecule has 1 aliphatic rings. The van der Waals surface area contributed by atoms with Crippen molar-refractivity contribution in [1.29, 1.82) is 0 Å². The highest BCUT2D eigenvalue weighted by molar-refractivity contribution is 5.81. The van der Waals surface area contributed by atoms with Gasteiger partial charge in [0.15, 0.2) is 0 Å². The molecule has 0 aliphatic heterocycles. The summed E-state index contributed by atoms with van der Waals surface area (Å²) in [4.78, 5) is 20.6. The second kappa shape index (κ2) is 2.17. The molecule has 1 rings (SSSR count). The Morgan fingerprint density at radius 2 is 2.44 bits per heavy atom. The summed E-state index contributed by atoms with van der Waals surface area (Å²) < 4.78 is 4.41. The van der Waals surface area contributed by atoms with Crippen molar-refractivity contribution in [3.8, 4) is 0 Å². The first-order valence-corrected chi connectivity index (χ1v) is 2.82. The number of carbonyl (C=O) groups is 2. The molecule has 9 heavy (non-hydrogen) atoms. The van der Waals surface area contributed by atoms with Gasteiger partial charge in [0.1, 0.15) is 6.29 Å². The van der Waals surface area contributed by atoms with E-state index in [0.29, 0.717) is 6.42 Å². The highest BCUT2D eigenvalue weighted by Crippen LogP contribution is 2.37. The van der Waals surface area contributed by atoms with Crippen LogP contribution >= 0.6 is 0 Å². The predicted octanol–water partition coefficient (Wildman–Crippen LogP) is -0.00560. The van der Waals surface area contributed by atoms with Crippen LogP contribution < -0.4 is 0 Å². The number of carbonyl (C=O) groups excluding carboxylic acids is 2. The monoisotopic (exact) mass is 128 g/mol. The van der Waals surface area contributed by atoms with E-state index in [4.69, 9.17) is 0 Å². The summed E-state index contributed by atoms with van der Waals surface area (Å²) in [7, 11) is 1.34. The summed E-state index contributed by atoms with van der Waals surface area (Å²) in [5.41, 5.74) is 0. The van der Waals surface area contributed by atoms with Gasteiger partial charge in [-0.05, 0) is 6.42 Å². The molecule has 0 bridgehead atoms. The van der Waals surface area contributed by atoms with Crippen LogP contribution in [0.25, 0.3) is 0 Å². The zero-order valence-corrected chi connectivity index (χ0v) is 5.16. The van der Waals surface area contributed by atoms with Gasteiger partial charge in [0.25, 0.3) is 0 Å². The van der Waals surface area contributed by atoms with Gasteiger partial charge >= 0.3 is 5.97 Å². The number of hydrogen-bond acceptors (Lipinski definition) is 3. The number of hydrogen-bond donors (Lipinski definition) is 0. The zero-order valence-electron chi connectivity index (χ0n) is 5.16. The third-order valence-electron chi connectivity index (χ3n) is 1.52. The Hall–Kier alpha value is -0.860. The molecule has 1 fully saturated rings. The molecule has 2 atom stereocenters. The maximum atomic E-state index is 10.6. The maximum Gasteiger partial charge on any atom is 0.309 e. The van der Waals surface area contributed by atoms with Crippen molar-refractivity contribution in [3.05, 3.63) is 0 Å². The van der Waals surface area contributed by atoms with Crippen molar-refractivity contribution in [2.24, 2.45) is 11.8 Å². The standard InChI is InChI=1S/C6H8O3/c1-9-6(8)5-2-4(5)3-7/h3-5H,2H2,1H3. The average molecular weight is 128 g/mol. The molecule has 2 unspecified atom stereocenters. The average Bonchev–Trinajstić information content (AvgIpc) is 2.64. The Bertz CT molecular complexity index is 141. The van der Waals surface area contributed by atoms with E-state index in [1.165, 1.54) is 7.11 Å². The van der Waals surface area contributed by atoms with Crippen molar-refractivity contribution in [1.82, 2.24) is 0 Å². The third kappa shape index (κ3) is 1.09. The van der Waals surface area contributed by atoms with E-state index in [1.807, 2.05) is 0 Å². The normalized spacial score (nSPS) is 31.2. The molecule has 0 amide bonds. The number of ether oxygens (including phenoxy) is 1. The lowest BCUT2D eigenvalue weighted by Gasteiger charge is -1.91. The van der Waals surface area contributed by atoms with Gasteiger partial charge in [0, 0.05) is 5.92 Å². The second-order valence-corrected chi connectivity index (χ2v) is 2.17. The van der Waals surface area contributed by atoms with Crippen molar-refractivity contribution >= 4 is 12.3 Å². The SMILES string of the molecule is COC(=O)C1CC1C=O. The smallest absolute Gasteiger partial charge is 0.309 e. The summed E-state index contributed by atoms with van der Waals surface area (Å²) in [5.74, 6) is -0.447. The fourth-order valence-electron chi connectivity index (χ4n) is 0.787. The summed E-state index contributed by atoms with van der Waals surface area (Å²) in [6.07, 6.45) is 1.48. The molecular weight excluding hydrogens is 120 g/mol. The molecule has 0 aromatic carbocycles. The summed E-state index contributed by atoms with van der Waals surface area (Å²) >= 11 is 0. The highest BCUT2D eigenvalue weighted by Gasteiger charge is 2.43. The van der Waals surface area contributed by atoms with Crippen molar-refractivity contribution in [2.45, 2.75) is 6.42 Å². The third-order valence-corrected chi connectivity index (χ3v) is 1.52. The molecular formula is C6H8O3. The van der Waals surface area contributed by atoms with Crippen LogP contribution in [-0.4, -0.2) is 19.4 Å². The number of rotatable bonds is 2. The van der Waals surface area contributed by atoms with Crippen LogP contribution in [0.5, 0.6) is 0 Å². The van der Waals surface area contributed by atoms with Crippen LogP contribution in [0.3, 0.4) is 0 Å². The fraction of sp³-hybridized carbons (Fsp3) is 0.667. The fourth-order valence-corrected chi connectivity index (χ4v) is 0.787. The first-order valence-electron chi connectivity index (χ1n) is 2.82. The van der Waals surface area contributed by atoms with E-state index in [2.05, 4.69) is 4.74 Å². The van der Waals surface area contributed by atoms with Gasteiger partial charge in [0.2, 0.25) is 0 Å². The molecule has 0 radical (unpaired) electrons. The van der Waals surface area contributed by atoms with Gasteiger partial charge in [-0.1, -0.05) is 0 Å². The summed E-state index contributed by atoms with van der Waals surface area (Å²) in [5, 5.41) is 0. The minimum Gasteiger partial charge on any atom is -0.469 e. The second-order valence-electron chi connectivity index (χ2n) is 2.17. The van der Waals surface area contributed by atoms with Gasteiger partial charge < -0.3 is 9.53 Å². The van der Waals surface area contributed by atoms with Crippen molar-refractivity contribution in [3.63, 3.8) is 0 Å². The van der Waals surface area contributed by atoms with Gasteiger partial charge in [-0.25, -0.2) is 0 Å². The molecule has 0 aromatic heterocycles. The Labute approximate surface area is 53.0 Å². The van der Waals surface area contributed by atoms with E-state index in [1.54, 1.807) is 0 Å². The molecule has 0 N–H and O–H groups in total. The summed E-state index contributed by atoms with van der Waals surface area (Å²) in [6, 6.07) is 0. The topological polar surface area (TPSA) is 43.4 Å². The minimum atomic E-state index is -0.257. The summed E-state index contributed by atoms with van der Waals surface area (Å²) in [6.45, 7) is 0. The molecule has 0 heterocycles. The van der Waals surface area contributed by atoms with E-state index in [9.17, 15) is 9.59 Å². The lowest BCUT2D eigenvalue weighted by atomic mass is 10.3. The molecule has 50 valence electrons. The Morgan fingerprint density at radius 1 is 1.78 bits per heavy atom. The highest BCUT2D eigenvalue weighted by atomic mass is 16.5. The van der Waals surface area contributed by atoms with Gasteiger partial charge in [0.05, 0.1) is 13.0 Å².